The largest absolute Gasteiger partial charge is 0.463 e. The van der Waals surface area contributed by atoms with Crippen LogP contribution in [0.4, 0.5) is 0 Å². The molecule has 0 spiro atoms. The molecule has 1 saturated heterocycles. The fourth-order valence-electron chi connectivity index (χ4n) is 9.31. The molecule has 0 bridgehead atoms. The predicted octanol–water partition coefficient (Wildman–Crippen LogP) is 5.05. The lowest BCUT2D eigenvalue weighted by Crippen LogP contribution is -2.60. The van der Waals surface area contributed by atoms with Crippen LogP contribution in [0.3, 0.4) is 0 Å². The van der Waals surface area contributed by atoms with E-state index in [4.69, 9.17) is 14.2 Å². The highest BCUT2D eigenvalue weighted by Gasteiger charge is 2.75. The number of carbonyl (C=O) groups is 2. The second-order valence-electron chi connectivity index (χ2n) is 12.3. The first-order chi connectivity index (χ1) is 14.4. The number of hydrogen-bond donors (Lipinski definition) is 0. The first-order valence-electron chi connectivity index (χ1n) is 12.5. The summed E-state index contributed by atoms with van der Waals surface area (Å²) >= 11 is 0. The van der Waals surface area contributed by atoms with Crippen LogP contribution >= 0.6 is 0 Å². The Bertz CT molecular complexity index is 791. The number of Topliss-reactive ketones (excluding diaryl/α,β-unsaturated/α-hetero) is 1. The molecule has 5 heteroatoms. The number of carbonyl (C=O) groups excluding carboxylic acids is 2. The van der Waals surface area contributed by atoms with Crippen molar-refractivity contribution in [3.63, 3.8) is 0 Å². The third-order valence-electron chi connectivity index (χ3n) is 10.5. The maximum absolute atomic E-state index is 13.1. The Hall–Kier alpha value is -0.940. The number of esters is 1. The van der Waals surface area contributed by atoms with Crippen molar-refractivity contribution in [3.8, 4) is 0 Å². The number of rotatable bonds is 2. The van der Waals surface area contributed by atoms with Crippen LogP contribution in [0.25, 0.3) is 0 Å². The van der Waals surface area contributed by atoms with Crippen molar-refractivity contribution in [2.45, 2.75) is 117 Å². The summed E-state index contributed by atoms with van der Waals surface area (Å²) < 4.78 is 18.5. The highest BCUT2D eigenvalue weighted by atomic mass is 16.8. The molecule has 4 aliphatic carbocycles. The van der Waals surface area contributed by atoms with E-state index in [1.54, 1.807) is 6.92 Å². The van der Waals surface area contributed by atoms with E-state index in [9.17, 15) is 9.59 Å². The quantitative estimate of drug-likeness (QED) is 0.572. The molecule has 1 heterocycles. The molecule has 0 amide bonds. The summed E-state index contributed by atoms with van der Waals surface area (Å²) in [5.41, 5.74) is -0.642. The molecule has 0 N–H and O–H groups in total. The van der Waals surface area contributed by atoms with Gasteiger partial charge in [0.05, 0.1) is 6.10 Å². The summed E-state index contributed by atoms with van der Waals surface area (Å²) in [5.74, 6) is 1.71. The maximum atomic E-state index is 13.1. The molecular formula is C26H40O5. The summed E-state index contributed by atoms with van der Waals surface area (Å²) in [7, 11) is 0. The van der Waals surface area contributed by atoms with Crippen molar-refractivity contribution in [2.75, 3.05) is 0 Å². The van der Waals surface area contributed by atoms with Crippen LogP contribution in [0.15, 0.2) is 0 Å². The molecule has 0 radical (unpaired) electrons. The normalized spacial score (nSPS) is 52.5. The molecular weight excluding hydrogens is 392 g/mol. The Balaban J connectivity index is 1.43. The van der Waals surface area contributed by atoms with E-state index in [0.717, 1.165) is 38.5 Å². The van der Waals surface area contributed by atoms with Crippen LogP contribution in [-0.4, -0.2) is 35.3 Å². The lowest BCUT2D eigenvalue weighted by atomic mass is 9.44. The molecule has 5 rings (SSSR count). The van der Waals surface area contributed by atoms with Gasteiger partial charge in [0.1, 0.15) is 6.10 Å². The Kier molecular flexibility index (Phi) is 4.79. The van der Waals surface area contributed by atoms with Gasteiger partial charge in [-0.25, -0.2) is 0 Å². The van der Waals surface area contributed by atoms with E-state index >= 15 is 0 Å². The molecule has 5 aliphatic rings. The van der Waals surface area contributed by atoms with E-state index in [1.807, 2.05) is 13.8 Å². The molecule has 0 aromatic heterocycles. The predicted molar refractivity (Wildman–Crippen MR) is 116 cm³/mol. The van der Waals surface area contributed by atoms with Crippen LogP contribution in [0.2, 0.25) is 0 Å². The number of ketones is 1. The monoisotopic (exact) mass is 432 g/mol. The van der Waals surface area contributed by atoms with E-state index in [2.05, 4.69) is 13.8 Å². The zero-order valence-corrected chi connectivity index (χ0v) is 20.2. The van der Waals surface area contributed by atoms with Gasteiger partial charge in [0.15, 0.2) is 17.2 Å². The number of hydrogen-bond acceptors (Lipinski definition) is 5. The van der Waals surface area contributed by atoms with Gasteiger partial charge in [-0.05, 0) is 101 Å². The molecule has 5 fully saturated rings. The average molecular weight is 433 g/mol. The van der Waals surface area contributed by atoms with Crippen molar-refractivity contribution in [1.82, 2.24) is 0 Å². The topological polar surface area (TPSA) is 61.8 Å². The van der Waals surface area contributed by atoms with Gasteiger partial charge in [0.2, 0.25) is 0 Å². The van der Waals surface area contributed by atoms with Gasteiger partial charge in [-0.3, -0.25) is 9.59 Å². The Morgan fingerprint density at radius 3 is 2.32 bits per heavy atom. The summed E-state index contributed by atoms with van der Waals surface area (Å²) in [6.45, 7) is 12.0. The lowest BCUT2D eigenvalue weighted by molar-refractivity contribution is -0.219. The third kappa shape index (κ3) is 2.87. The first-order valence-corrected chi connectivity index (χ1v) is 12.5. The second kappa shape index (κ2) is 6.79. The van der Waals surface area contributed by atoms with Gasteiger partial charge >= 0.3 is 5.97 Å². The zero-order chi connectivity index (χ0) is 22.4. The fourth-order valence-corrected chi connectivity index (χ4v) is 9.31. The van der Waals surface area contributed by atoms with Crippen molar-refractivity contribution in [2.24, 2.45) is 34.5 Å². The third-order valence-corrected chi connectivity index (χ3v) is 10.5. The molecule has 31 heavy (non-hydrogen) atoms. The van der Waals surface area contributed by atoms with Crippen molar-refractivity contribution >= 4 is 11.8 Å². The molecule has 174 valence electrons. The summed E-state index contributed by atoms with van der Waals surface area (Å²) in [6, 6.07) is 0. The average Bonchev–Trinajstić information content (AvgIpc) is 3.08. The van der Waals surface area contributed by atoms with Gasteiger partial charge in [-0.1, -0.05) is 13.8 Å². The van der Waals surface area contributed by atoms with Crippen molar-refractivity contribution < 1.29 is 23.8 Å². The van der Waals surface area contributed by atoms with Crippen molar-refractivity contribution in [3.05, 3.63) is 0 Å². The zero-order valence-electron chi connectivity index (χ0n) is 20.2. The minimum atomic E-state index is -0.795. The Morgan fingerprint density at radius 1 is 0.903 bits per heavy atom. The number of fused-ring (bicyclic) bond motifs is 7. The number of ether oxygens (including phenoxy) is 3. The summed E-state index contributed by atoms with van der Waals surface area (Å²) in [6.07, 6.45) is 8.66. The highest BCUT2D eigenvalue weighted by Crippen LogP contribution is 2.71. The standard InChI is InChI=1S/C26H40O5/c1-15(27)26-22(30-23(3,4)31-26)14-21-19-8-7-17-13-18(29-16(2)28)9-11-24(17,5)20(19)10-12-25(21,26)6/h17-22H,7-14H2,1-6H3/t17-,18-,19-,20+,21+,22-,24-,25+,26-/m0/s1. The van der Waals surface area contributed by atoms with Crippen LogP contribution in [0.5, 0.6) is 0 Å². The molecule has 0 aromatic rings. The molecule has 9 atom stereocenters. The molecule has 0 unspecified atom stereocenters. The fraction of sp³-hybridized carbons (Fsp3) is 0.923. The minimum absolute atomic E-state index is 0.0943. The lowest BCUT2D eigenvalue weighted by Gasteiger charge is -2.61. The van der Waals surface area contributed by atoms with Gasteiger partial charge in [-0.2, -0.15) is 0 Å². The van der Waals surface area contributed by atoms with Crippen LogP contribution < -0.4 is 0 Å². The maximum Gasteiger partial charge on any atom is 0.302 e. The SMILES string of the molecule is CC(=O)O[C@H]1CC[C@@]2(C)[C@@H](CC[C@H]3[C@H]2CC[C@]2(C)[C@@H]3C[C@@H]3OC(C)(C)O[C@@]32C(C)=O)C1. The van der Waals surface area contributed by atoms with E-state index in [-0.39, 0.29) is 29.4 Å². The Morgan fingerprint density at radius 2 is 1.65 bits per heavy atom. The minimum Gasteiger partial charge on any atom is -0.463 e. The van der Waals surface area contributed by atoms with Crippen LogP contribution in [0.1, 0.15) is 92.9 Å². The molecule has 5 nitrogen and oxygen atoms in total. The first kappa shape index (κ1) is 21.9. The van der Waals surface area contributed by atoms with E-state index in [0.29, 0.717) is 29.1 Å². The van der Waals surface area contributed by atoms with Gasteiger partial charge < -0.3 is 14.2 Å². The molecule has 0 aromatic carbocycles. The van der Waals surface area contributed by atoms with Crippen LogP contribution in [0, 0.1) is 34.5 Å². The highest BCUT2D eigenvalue weighted by molar-refractivity contribution is 5.88. The smallest absolute Gasteiger partial charge is 0.302 e. The molecule has 1 aliphatic heterocycles. The summed E-state index contributed by atoms with van der Waals surface area (Å²) in [4.78, 5) is 24.6. The summed E-state index contributed by atoms with van der Waals surface area (Å²) in [5, 5.41) is 0. The van der Waals surface area contributed by atoms with Gasteiger partial charge in [0.25, 0.3) is 0 Å². The van der Waals surface area contributed by atoms with E-state index in [1.165, 1.54) is 19.8 Å². The van der Waals surface area contributed by atoms with Crippen molar-refractivity contribution in [1.29, 1.82) is 0 Å². The Labute approximate surface area is 186 Å². The molecule has 4 saturated carbocycles. The van der Waals surface area contributed by atoms with Gasteiger partial charge in [-0.15, -0.1) is 0 Å². The second-order valence-corrected chi connectivity index (χ2v) is 12.3. The van der Waals surface area contributed by atoms with E-state index < -0.39 is 11.4 Å². The van der Waals surface area contributed by atoms with Gasteiger partial charge in [0, 0.05) is 12.3 Å². The van der Waals surface area contributed by atoms with Crippen LogP contribution in [-0.2, 0) is 23.8 Å².